The molecule has 0 saturated carbocycles. The molecule has 0 bridgehead atoms. The van der Waals surface area contributed by atoms with Crippen LogP contribution < -0.4 is 10.2 Å². The zero-order valence-electron chi connectivity index (χ0n) is 10.5. The number of rotatable bonds is 3. The number of hydrogen-bond acceptors (Lipinski definition) is 2. The van der Waals surface area contributed by atoms with Gasteiger partial charge in [-0.2, -0.15) is 0 Å². The largest absolute Gasteiger partial charge is 0.369 e. The molecule has 2 heteroatoms. The van der Waals surface area contributed by atoms with Crippen LogP contribution in [0.5, 0.6) is 0 Å². The fourth-order valence-electron chi connectivity index (χ4n) is 2.56. The lowest BCUT2D eigenvalue weighted by molar-refractivity contribution is 0.644. The number of nitrogens with one attached hydrogen (secondary N) is 1. The van der Waals surface area contributed by atoms with Crippen molar-refractivity contribution in [2.24, 2.45) is 0 Å². The summed E-state index contributed by atoms with van der Waals surface area (Å²) in [7, 11) is 2.02. The number of nitrogens with zero attached hydrogens (tertiary/aromatic N) is 1. The summed E-state index contributed by atoms with van der Waals surface area (Å²) in [4.78, 5) is 2.54. The van der Waals surface area contributed by atoms with Gasteiger partial charge in [-0.25, -0.2) is 0 Å². The highest BCUT2D eigenvalue weighted by molar-refractivity contribution is 5.56. The van der Waals surface area contributed by atoms with E-state index in [1.54, 1.807) is 0 Å². The summed E-state index contributed by atoms with van der Waals surface area (Å²) in [5, 5.41) is 3.33. The molecule has 1 heterocycles. The third-order valence-corrected chi connectivity index (χ3v) is 3.70. The molecule has 2 rings (SSSR count). The Bertz CT molecular complexity index is 348. The predicted octanol–water partition coefficient (Wildman–Crippen LogP) is 2.96. The molecule has 1 aliphatic rings. The minimum atomic E-state index is 0.420. The van der Waals surface area contributed by atoms with Gasteiger partial charge in [0, 0.05) is 24.3 Å². The van der Waals surface area contributed by atoms with Crippen LogP contribution in [0.2, 0.25) is 0 Å². The van der Waals surface area contributed by atoms with Crippen molar-refractivity contribution in [3.8, 4) is 0 Å². The molecule has 88 valence electrons. The molecule has 1 fully saturated rings. The van der Waals surface area contributed by atoms with Gasteiger partial charge in [0.05, 0.1) is 0 Å². The van der Waals surface area contributed by atoms with Gasteiger partial charge in [0.1, 0.15) is 0 Å². The Labute approximate surface area is 98.7 Å². The summed E-state index contributed by atoms with van der Waals surface area (Å²) in [5.74, 6) is 0. The molecule has 2 atom stereocenters. The molecule has 0 amide bonds. The van der Waals surface area contributed by atoms with Crippen LogP contribution in [-0.2, 0) is 0 Å². The van der Waals surface area contributed by atoms with Crippen molar-refractivity contribution in [3.63, 3.8) is 0 Å². The maximum absolute atomic E-state index is 3.33. The Morgan fingerprint density at radius 1 is 1.38 bits per heavy atom. The Balaban J connectivity index is 2.32. The second-order valence-electron chi connectivity index (χ2n) is 4.75. The van der Waals surface area contributed by atoms with Crippen LogP contribution in [0.15, 0.2) is 24.3 Å². The monoisotopic (exact) mass is 218 g/mol. The fraction of sp³-hybridized carbons (Fsp3) is 0.571. The van der Waals surface area contributed by atoms with Gasteiger partial charge in [-0.15, -0.1) is 0 Å². The number of benzene rings is 1. The van der Waals surface area contributed by atoms with Gasteiger partial charge >= 0.3 is 0 Å². The van der Waals surface area contributed by atoms with Crippen molar-refractivity contribution in [2.75, 3.05) is 18.5 Å². The van der Waals surface area contributed by atoms with Crippen LogP contribution in [0, 0.1) is 0 Å². The average molecular weight is 218 g/mol. The number of para-hydroxylation sites is 1. The SMILES string of the molecule is CNC(C)c1ccccc1N1CCCC1C. The second kappa shape index (κ2) is 4.88. The van der Waals surface area contributed by atoms with E-state index in [9.17, 15) is 0 Å². The number of anilines is 1. The third-order valence-electron chi connectivity index (χ3n) is 3.70. The Kier molecular flexibility index (Phi) is 3.49. The fourth-order valence-corrected chi connectivity index (χ4v) is 2.56. The third kappa shape index (κ3) is 2.07. The van der Waals surface area contributed by atoms with Crippen LogP contribution in [0.3, 0.4) is 0 Å². The molecule has 1 aromatic carbocycles. The van der Waals surface area contributed by atoms with Crippen LogP contribution in [0.4, 0.5) is 5.69 Å². The van der Waals surface area contributed by atoms with E-state index < -0.39 is 0 Å². The first-order valence-electron chi connectivity index (χ1n) is 6.27. The molecule has 1 aliphatic heterocycles. The topological polar surface area (TPSA) is 15.3 Å². The van der Waals surface area contributed by atoms with Crippen molar-refractivity contribution < 1.29 is 0 Å². The standard InChI is InChI=1S/C14H22N2/c1-11-7-6-10-16(11)14-9-5-4-8-13(14)12(2)15-3/h4-5,8-9,11-12,15H,6-7,10H2,1-3H3. The van der Waals surface area contributed by atoms with Crippen LogP contribution in [-0.4, -0.2) is 19.6 Å². The molecule has 1 aromatic rings. The van der Waals surface area contributed by atoms with E-state index in [0.29, 0.717) is 12.1 Å². The van der Waals surface area contributed by atoms with E-state index in [-0.39, 0.29) is 0 Å². The summed E-state index contributed by atoms with van der Waals surface area (Å²) < 4.78 is 0. The van der Waals surface area contributed by atoms with Gasteiger partial charge in [0.2, 0.25) is 0 Å². The van der Waals surface area contributed by atoms with Crippen molar-refractivity contribution >= 4 is 5.69 Å². The molecule has 0 radical (unpaired) electrons. The van der Waals surface area contributed by atoms with Crippen molar-refractivity contribution in [1.29, 1.82) is 0 Å². The van der Waals surface area contributed by atoms with Gasteiger partial charge in [-0.3, -0.25) is 0 Å². The summed E-state index contributed by atoms with van der Waals surface area (Å²) in [6.45, 7) is 5.75. The molecule has 2 unspecified atom stereocenters. The smallest absolute Gasteiger partial charge is 0.0417 e. The Hall–Kier alpha value is -1.02. The van der Waals surface area contributed by atoms with Gasteiger partial charge in [0.15, 0.2) is 0 Å². The van der Waals surface area contributed by atoms with Gasteiger partial charge in [-0.1, -0.05) is 18.2 Å². The molecule has 16 heavy (non-hydrogen) atoms. The van der Waals surface area contributed by atoms with E-state index >= 15 is 0 Å². The first-order chi connectivity index (χ1) is 7.74. The molecule has 0 aliphatic carbocycles. The summed E-state index contributed by atoms with van der Waals surface area (Å²) in [6.07, 6.45) is 2.64. The van der Waals surface area contributed by atoms with E-state index in [1.165, 1.54) is 30.6 Å². The lowest BCUT2D eigenvalue weighted by Crippen LogP contribution is -2.28. The zero-order chi connectivity index (χ0) is 11.5. The summed E-state index contributed by atoms with van der Waals surface area (Å²) in [6, 6.07) is 9.88. The lowest BCUT2D eigenvalue weighted by atomic mass is 10.0. The highest BCUT2D eigenvalue weighted by atomic mass is 15.2. The first kappa shape index (κ1) is 11.5. The second-order valence-corrected chi connectivity index (χ2v) is 4.75. The molecule has 2 nitrogen and oxygen atoms in total. The molecule has 1 saturated heterocycles. The zero-order valence-corrected chi connectivity index (χ0v) is 10.5. The highest BCUT2D eigenvalue weighted by Crippen LogP contribution is 2.31. The van der Waals surface area contributed by atoms with Gasteiger partial charge in [0.25, 0.3) is 0 Å². The van der Waals surface area contributed by atoms with Crippen molar-refractivity contribution in [3.05, 3.63) is 29.8 Å². The maximum atomic E-state index is 3.33. The minimum absolute atomic E-state index is 0.420. The Morgan fingerprint density at radius 2 is 2.12 bits per heavy atom. The normalized spacial score (nSPS) is 22.4. The highest BCUT2D eigenvalue weighted by Gasteiger charge is 2.23. The van der Waals surface area contributed by atoms with Crippen LogP contribution in [0.25, 0.3) is 0 Å². The summed E-state index contributed by atoms with van der Waals surface area (Å²) in [5.41, 5.74) is 2.83. The number of hydrogen-bond donors (Lipinski definition) is 1. The van der Waals surface area contributed by atoms with Crippen molar-refractivity contribution in [2.45, 2.75) is 38.8 Å². The lowest BCUT2D eigenvalue weighted by Gasteiger charge is -2.28. The average Bonchev–Trinajstić information content (AvgIpc) is 2.74. The first-order valence-corrected chi connectivity index (χ1v) is 6.27. The Morgan fingerprint density at radius 3 is 2.75 bits per heavy atom. The van der Waals surface area contributed by atoms with E-state index in [2.05, 4.69) is 48.3 Å². The predicted molar refractivity (Wildman–Crippen MR) is 70.0 cm³/mol. The van der Waals surface area contributed by atoms with Crippen LogP contribution >= 0.6 is 0 Å². The van der Waals surface area contributed by atoms with Crippen molar-refractivity contribution in [1.82, 2.24) is 5.32 Å². The van der Waals surface area contributed by atoms with Gasteiger partial charge < -0.3 is 10.2 Å². The van der Waals surface area contributed by atoms with E-state index in [4.69, 9.17) is 0 Å². The molecule has 0 spiro atoms. The molecular weight excluding hydrogens is 196 g/mol. The quantitative estimate of drug-likeness (QED) is 0.839. The van der Waals surface area contributed by atoms with E-state index in [0.717, 1.165) is 0 Å². The minimum Gasteiger partial charge on any atom is -0.369 e. The molecule has 1 N–H and O–H groups in total. The maximum Gasteiger partial charge on any atom is 0.0417 e. The van der Waals surface area contributed by atoms with Crippen LogP contribution in [0.1, 0.15) is 38.3 Å². The molecule has 0 aromatic heterocycles. The van der Waals surface area contributed by atoms with E-state index in [1.807, 2.05) is 7.05 Å². The summed E-state index contributed by atoms with van der Waals surface area (Å²) >= 11 is 0. The molecular formula is C14H22N2. The van der Waals surface area contributed by atoms with Gasteiger partial charge in [-0.05, 0) is 45.4 Å².